The summed E-state index contributed by atoms with van der Waals surface area (Å²) in [6.45, 7) is 17.5. The van der Waals surface area contributed by atoms with E-state index in [9.17, 15) is 54.3 Å². The summed E-state index contributed by atoms with van der Waals surface area (Å²) in [7, 11) is 9.32. The molecule has 4 saturated heterocycles. The third kappa shape index (κ3) is 23.0. The van der Waals surface area contributed by atoms with Crippen molar-refractivity contribution in [1.29, 1.82) is 0 Å². The Morgan fingerprint density at radius 3 is 2.19 bits per heavy atom. The average Bonchev–Trinajstić information content (AvgIpc) is 0.831. The molecule has 603 valence electrons. The number of carbonyl (C=O) groups excluding carboxylic acids is 6. The standard InChI is InChI=1S/C75H102N6O25S3.Y/c1-16-81(44(8)82)48-37-99-55(34-52(48)93-11)104-67-62(88)59(80-106-56-33-49(83)69(43(7)100-56)108-70(90)57-38(2)39(3)64(68(96-14)65(57)94-12)105-71-63(89)66(95-13)61(87)42(6)102-71)41(5)101-72(67)103-51-23-20-18-17-19-21-30-75(92)35-50(84)60(77-73(91)97-15)58(51)47(75)29-32-107-109-74(9,10)36-54(86)79-78-40(4)45-25-27-46(28-26-45)98-31-22-24-53(76)85;/h17-18,25-29,41-43,48-49,51-52,55-56,59,61-63,66-67,69,71-72,80,83,87-89,92H,16,22,24,30-37H2,1-15H3,(H4,76,77,79,85,86,91);/p-1/b18-17-,47-29+,78-40+;/t41-,42+,43-,48+,49+,51-,52+,55+,56+,59-,61+,62+,63-,66-,67-,69-,71+,72+,75+;/m1./s1. The number of methoxy groups -OCH3 is 5. The average molecular weight is 1670 g/mol. The molecule has 9 N–H and O–H groups in total. The first kappa shape index (κ1) is 91.4. The van der Waals surface area contributed by atoms with Gasteiger partial charge >= 0.3 is 6.09 Å². The second-order valence-corrected chi connectivity index (χ2v) is 31.6. The van der Waals surface area contributed by atoms with Crippen LogP contribution in [0.3, 0.4) is 0 Å². The van der Waals surface area contributed by atoms with Crippen molar-refractivity contribution < 1.29 is 153 Å². The number of hydroxylamine groups is 1. The molecule has 110 heavy (non-hydrogen) atoms. The van der Waals surface area contributed by atoms with Gasteiger partial charge in [0, 0.05) is 114 Å². The van der Waals surface area contributed by atoms with Gasteiger partial charge in [0.05, 0.1) is 99.4 Å². The summed E-state index contributed by atoms with van der Waals surface area (Å²) in [5.41, 5.74) is 12.4. The molecule has 2 aliphatic carbocycles. The van der Waals surface area contributed by atoms with Crippen molar-refractivity contribution in [2.75, 3.05) is 61.1 Å². The second kappa shape index (κ2) is 42.0. The number of thioether (sulfide) groups is 1. The molecule has 4 aliphatic heterocycles. The maximum atomic E-state index is 14.6. The molecule has 6 aliphatic rings. The summed E-state index contributed by atoms with van der Waals surface area (Å²) in [5.74, 6) is 10.6. The van der Waals surface area contributed by atoms with E-state index in [1.54, 1.807) is 76.8 Å². The van der Waals surface area contributed by atoms with E-state index < -0.39 is 149 Å². The van der Waals surface area contributed by atoms with Crippen molar-refractivity contribution in [3.8, 4) is 46.7 Å². The SMILES string of the molecule is CCN(C(C)=O)[C@H]1CO[C@@H](O[C@H]2[C@H](O[C@@H]3C#C/C=C\C#CC[C@]4(O)CC(=O)C(NC(=O)OC)=C3/C4=C\CSSC(C)(C)CC(=O)N/N=C(\C)c3ccc(OCCCC([NH-])=O)cc3)O[C@H](C)[C@@H](NO[C@H]3C[C@H](O)[C@H](SC(=O)c4c(C)c(C)c(O[C@@H]5O[C@@H](C)[C@H](O)[C@@H](OC)[C@H]5O)c(OC)c4OC)[C@@H](C)O3)[C@@H]2O)C[C@@H]1OC.[Y]. The summed E-state index contributed by atoms with van der Waals surface area (Å²) in [5, 5.41) is 64.8. The van der Waals surface area contributed by atoms with E-state index in [1.807, 2.05) is 20.8 Å². The Bertz CT molecular complexity index is 3820. The topological polar surface area (TPSA) is 408 Å². The molecule has 35 heteroatoms. The molecule has 0 unspecified atom stereocenters. The van der Waals surface area contributed by atoms with E-state index >= 15 is 0 Å². The van der Waals surface area contributed by atoms with Crippen LogP contribution < -0.4 is 35.2 Å². The molecule has 19 atom stereocenters. The number of nitrogens with zero attached hydrogens (tertiary/aromatic N) is 2. The first-order chi connectivity index (χ1) is 51.8. The Kier molecular flexibility index (Phi) is 34.9. The number of nitrogens with one attached hydrogen (secondary N) is 4. The van der Waals surface area contributed by atoms with Crippen LogP contribution in [-0.2, 0) is 99.4 Å². The zero-order valence-electron chi connectivity index (χ0n) is 64.3. The van der Waals surface area contributed by atoms with Crippen molar-refractivity contribution in [3.05, 3.63) is 87.3 Å². The fourth-order valence-corrected chi connectivity index (χ4v) is 16.9. The van der Waals surface area contributed by atoms with E-state index in [2.05, 4.69) is 45.0 Å². The maximum Gasteiger partial charge on any atom is 0.411 e. The van der Waals surface area contributed by atoms with Gasteiger partial charge in [0.25, 0.3) is 0 Å². The molecule has 0 spiro atoms. The number of hydrogen-bond donors (Lipinski definition) is 8. The van der Waals surface area contributed by atoms with Crippen LogP contribution >= 0.6 is 33.3 Å². The number of benzene rings is 2. The van der Waals surface area contributed by atoms with Gasteiger partial charge in [-0.05, 0) is 134 Å². The van der Waals surface area contributed by atoms with Crippen molar-refractivity contribution in [1.82, 2.24) is 21.1 Å². The maximum absolute atomic E-state index is 14.6. The number of rotatable bonds is 31. The Morgan fingerprint density at radius 1 is 0.845 bits per heavy atom. The summed E-state index contributed by atoms with van der Waals surface area (Å²) in [6, 6.07) is 5.31. The quantitative estimate of drug-likeness (QED) is 0.0147. The second-order valence-electron chi connectivity index (χ2n) is 27.4. The van der Waals surface area contributed by atoms with E-state index in [1.165, 1.54) is 69.1 Å². The zero-order chi connectivity index (χ0) is 79.8. The minimum atomic E-state index is -2.03. The van der Waals surface area contributed by atoms with Crippen molar-refractivity contribution in [2.24, 2.45) is 5.10 Å². The molecule has 0 aromatic heterocycles. The monoisotopic (exact) mass is 1670 g/mol. The number of hydrazone groups is 1. The molecule has 4 amide bonds. The van der Waals surface area contributed by atoms with E-state index in [4.69, 9.17) is 72.2 Å². The van der Waals surface area contributed by atoms with Crippen LogP contribution in [0.4, 0.5) is 4.79 Å². The summed E-state index contributed by atoms with van der Waals surface area (Å²) >= 11 is 0.801. The van der Waals surface area contributed by atoms with Crippen LogP contribution in [0.15, 0.2) is 64.4 Å². The number of amides is 4. The van der Waals surface area contributed by atoms with Gasteiger partial charge < -0.3 is 103 Å². The third-order valence-corrected chi connectivity index (χ3v) is 23.8. The molecule has 1 radical (unpaired) electrons. The number of ketones is 1. The molecule has 31 nitrogen and oxygen atoms in total. The number of alkyl carbamates (subject to hydrolysis) is 1. The minimum absolute atomic E-state index is 0. The predicted molar refractivity (Wildman–Crippen MR) is 402 cm³/mol. The number of Topliss-reactive ketones (excluding diaryl/α,β-unsaturated/α-hetero) is 1. The van der Waals surface area contributed by atoms with Crippen molar-refractivity contribution in [2.45, 2.75) is 234 Å². The molecule has 2 bridgehead atoms. The van der Waals surface area contributed by atoms with Gasteiger partial charge in [-0.2, -0.15) is 10.6 Å². The molecular formula is C75H101N6O25S3Y-. The molecule has 8 rings (SSSR count). The molecule has 0 saturated carbocycles. The summed E-state index contributed by atoms with van der Waals surface area (Å²) in [4.78, 5) is 87.6. The first-order valence-corrected chi connectivity index (χ1v) is 38.8. The van der Waals surface area contributed by atoms with Gasteiger partial charge in [0.1, 0.15) is 48.0 Å². The Morgan fingerprint density at radius 2 is 1.55 bits per heavy atom. The minimum Gasteiger partial charge on any atom is -0.668 e. The number of hydrogen-bond acceptors (Lipinski definition) is 30. The number of likely N-dealkylation sites (N-methyl/N-ethyl adjacent to an activating group) is 1. The van der Waals surface area contributed by atoms with Crippen LogP contribution in [-0.4, -0.2) is 252 Å². The Balaban J connectivity index is 0.0000168. The van der Waals surface area contributed by atoms with Gasteiger partial charge in [-0.3, -0.25) is 29.3 Å². The Hall–Kier alpha value is -5.78. The van der Waals surface area contributed by atoms with Crippen molar-refractivity contribution in [3.63, 3.8) is 0 Å². The van der Waals surface area contributed by atoms with Crippen molar-refractivity contribution >= 4 is 73.8 Å². The zero-order valence-corrected chi connectivity index (χ0v) is 69.6. The van der Waals surface area contributed by atoms with Crippen LogP contribution in [0.1, 0.15) is 127 Å². The molecule has 4 heterocycles. The van der Waals surface area contributed by atoms with Gasteiger partial charge in [-0.25, -0.2) is 10.2 Å². The number of ether oxygens (including phenoxy) is 13. The number of aliphatic hydroxyl groups excluding tert-OH is 4. The predicted octanol–water partition coefficient (Wildman–Crippen LogP) is 5.72. The normalized spacial score (nSPS) is 30.3. The van der Waals surface area contributed by atoms with E-state index in [0.29, 0.717) is 35.6 Å². The van der Waals surface area contributed by atoms with Crippen LogP contribution in [0.25, 0.3) is 5.73 Å². The van der Waals surface area contributed by atoms with Gasteiger partial charge in [0.15, 0.2) is 36.2 Å². The summed E-state index contributed by atoms with van der Waals surface area (Å²) < 4.78 is 77.9. The largest absolute Gasteiger partial charge is 0.668 e. The molecular weight excluding hydrogens is 1570 g/mol. The molecule has 2 aromatic rings. The van der Waals surface area contributed by atoms with Crippen LogP contribution in [0.2, 0.25) is 0 Å². The first-order valence-electron chi connectivity index (χ1n) is 35.6. The molecule has 2 aromatic carbocycles. The third-order valence-electron chi connectivity index (χ3n) is 19.3. The van der Waals surface area contributed by atoms with Gasteiger partial charge in [-0.1, -0.05) is 63.1 Å². The fraction of sp³-hybridized carbons (Fsp3) is 0.613. The fourth-order valence-electron chi connectivity index (χ4n) is 13.4. The van der Waals surface area contributed by atoms with Crippen LogP contribution in [0.5, 0.6) is 23.0 Å². The number of aliphatic hydroxyl groups is 5. The Labute approximate surface area is 678 Å². The number of carbonyl (C=O) groups is 6. The number of allylic oxidation sites excluding steroid dienone is 3. The smallest absolute Gasteiger partial charge is 0.411 e. The summed E-state index contributed by atoms with van der Waals surface area (Å²) in [6.07, 6.45) is -15.4. The van der Waals surface area contributed by atoms with E-state index in [0.717, 1.165) is 24.4 Å². The van der Waals surface area contributed by atoms with Gasteiger partial charge in [-0.15, -0.1) is 0 Å². The van der Waals surface area contributed by atoms with Gasteiger partial charge in [0.2, 0.25) is 29.0 Å². The number of fused-ring (bicyclic) bond motifs is 2. The molecule has 4 fully saturated rings. The van der Waals surface area contributed by atoms with E-state index in [-0.39, 0.29) is 135 Å². The van der Waals surface area contributed by atoms with Crippen LogP contribution in [0, 0.1) is 37.5 Å².